The molecule has 2 aromatic carbocycles. The van der Waals surface area contributed by atoms with Crippen LogP contribution in [0.1, 0.15) is 36.0 Å². The van der Waals surface area contributed by atoms with Gasteiger partial charge in [-0.25, -0.2) is 0 Å². The molecule has 2 saturated heterocycles. The number of piperidine rings is 1. The Morgan fingerprint density at radius 2 is 1.82 bits per heavy atom. The van der Waals surface area contributed by atoms with Crippen molar-refractivity contribution in [1.82, 2.24) is 10.6 Å². The van der Waals surface area contributed by atoms with E-state index in [0.717, 1.165) is 51.1 Å². The van der Waals surface area contributed by atoms with E-state index in [4.69, 9.17) is 21.1 Å². The second-order valence-electron chi connectivity index (χ2n) is 8.43. The van der Waals surface area contributed by atoms with Crippen molar-refractivity contribution in [1.29, 1.82) is 0 Å². The van der Waals surface area contributed by atoms with E-state index in [0.29, 0.717) is 22.9 Å². The van der Waals surface area contributed by atoms with Crippen LogP contribution in [0.4, 0.5) is 5.69 Å². The summed E-state index contributed by atoms with van der Waals surface area (Å²) in [5.41, 5.74) is 1.60. The van der Waals surface area contributed by atoms with Crippen molar-refractivity contribution in [2.75, 3.05) is 37.7 Å². The number of rotatable bonds is 8. The molecule has 0 saturated carbocycles. The van der Waals surface area contributed by atoms with Crippen LogP contribution in [0.15, 0.2) is 48.5 Å². The number of ether oxygens (including phenoxy) is 2. The summed E-state index contributed by atoms with van der Waals surface area (Å²) in [6.07, 6.45) is 3.77. The number of anilines is 1. The maximum Gasteiger partial charge on any atom is 0.258 e. The summed E-state index contributed by atoms with van der Waals surface area (Å²) >= 11 is 5.86. The smallest absolute Gasteiger partial charge is 0.258 e. The van der Waals surface area contributed by atoms with Crippen molar-refractivity contribution in [2.24, 2.45) is 0 Å². The minimum atomic E-state index is -0.141. The zero-order valence-corrected chi connectivity index (χ0v) is 19.4. The van der Waals surface area contributed by atoms with E-state index in [-0.39, 0.29) is 30.6 Å². The predicted molar refractivity (Wildman–Crippen MR) is 128 cm³/mol. The monoisotopic (exact) mass is 471 g/mol. The van der Waals surface area contributed by atoms with E-state index >= 15 is 0 Å². The molecule has 0 aromatic heterocycles. The van der Waals surface area contributed by atoms with Crippen LogP contribution >= 0.6 is 11.6 Å². The Kier molecular flexibility index (Phi) is 8.07. The summed E-state index contributed by atoms with van der Waals surface area (Å²) in [5, 5.41) is 6.69. The normalized spacial score (nSPS) is 18.7. The molecule has 1 atom stereocenters. The minimum absolute atomic E-state index is 0.0322. The number of carbonyl (C=O) groups is 2. The van der Waals surface area contributed by atoms with Crippen molar-refractivity contribution >= 4 is 29.1 Å². The van der Waals surface area contributed by atoms with Crippen LogP contribution in [0.25, 0.3) is 0 Å². The van der Waals surface area contributed by atoms with Gasteiger partial charge in [0.15, 0.2) is 6.61 Å². The van der Waals surface area contributed by atoms with Crippen molar-refractivity contribution in [3.63, 3.8) is 0 Å². The molecule has 2 aromatic rings. The van der Waals surface area contributed by atoms with Gasteiger partial charge in [-0.15, -0.1) is 0 Å². The Morgan fingerprint density at radius 1 is 1.06 bits per heavy atom. The summed E-state index contributed by atoms with van der Waals surface area (Å²) in [6.45, 7) is 2.81. The van der Waals surface area contributed by atoms with Crippen LogP contribution in [0.3, 0.4) is 0 Å². The number of hydrogen-bond acceptors (Lipinski definition) is 5. The average molecular weight is 472 g/mol. The van der Waals surface area contributed by atoms with Crippen LogP contribution in [0, 0.1) is 0 Å². The van der Waals surface area contributed by atoms with Crippen LogP contribution in [0.2, 0.25) is 5.02 Å². The lowest BCUT2D eigenvalue weighted by Crippen LogP contribution is -2.46. The van der Waals surface area contributed by atoms with E-state index < -0.39 is 0 Å². The number of amides is 2. The molecule has 2 aliphatic heterocycles. The molecule has 0 bridgehead atoms. The Labute approximate surface area is 199 Å². The van der Waals surface area contributed by atoms with Gasteiger partial charge in [0.1, 0.15) is 5.75 Å². The molecule has 0 spiro atoms. The molecular weight excluding hydrogens is 442 g/mol. The van der Waals surface area contributed by atoms with Crippen LogP contribution in [0.5, 0.6) is 5.75 Å². The summed E-state index contributed by atoms with van der Waals surface area (Å²) in [7, 11) is 0. The molecule has 2 N–H and O–H groups in total. The van der Waals surface area contributed by atoms with Gasteiger partial charge in [0.2, 0.25) is 0 Å². The van der Waals surface area contributed by atoms with Gasteiger partial charge >= 0.3 is 0 Å². The second kappa shape index (κ2) is 11.4. The largest absolute Gasteiger partial charge is 0.484 e. The first-order valence-electron chi connectivity index (χ1n) is 11.5. The van der Waals surface area contributed by atoms with Gasteiger partial charge in [-0.3, -0.25) is 9.59 Å². The van der Waals surface area contributed by atoms with Crippen molar-refractivity contribution in [3.05, 3.63) is 59.1 Å². The number of nitrogens with zero attached hydrogens (tertiary/aromatic N) is 1. The maximum atomic E-state index is 12.8. The predicted octanol–water partition coefficient (Wildman–Crippen LogP) is 3.41. The van der Waals surface area contributed by atoms with Gasteiger partial charge in [-0.1, -0.05) is 23.7 Å². The average Bonchev–Trinajstić information content (AvgIpc) is 3.36. The first kappa shape index (κ1) is 23.4. The molecule has 0 aliphatic carbocycles. The van der Waals surface area contributed by atoms with Gasteiger partial charge in [-0.05, 0) is 62.1 Å². The third-order valence-electron chi connectivity index (χ3n) is 6.05. The Bertz CT molecular complexity index is 939. The van der Waals surface area contributed by atoms with Gasteiger partial charge in [-0.2, -0.15) is 0 Å². The van der Waals surface area contributed by atoms with Crippen molar-refractivity contribution in [3.8, 4) is 5.75 Å². The Hall–Kier alpha value is -2.77. The highest BCUT2D eigenvalue weighted by Gasteiger charge is 2.24. The van der Waals surface area contributed by atoms with Crippen molar-refractivity contribution in [2.45, 2.75) is 37.8 Å². The standard InChI is InChI=1S/C25H30ClN3O4/c26-18-7-9-20(10-8-18)33-17-24(30)28-19-11-13-29(14-12-19)23-6-2-1-5-22(23)25(31)27-16-21-4-3-15-32-21/h1-2,5-10,19,21H,3-4,11-17H2,(H,27,31)(H,28,30). The quantitative estimate of drug-likeness (QED) is 0.616. The summed E-state index contributed by atoms with van der Waals surface area (Å²) < 4.78 is 11.1. The van der Waals surface area contributed by atoms with E-state index in [9.17, 15) is 9.59 Å². The van der Waals surface area contributed by atoms with Crippen LogP contribution in [-0.2, 0) is 9.53 Å². The second-order valence-corrected chi connectivity index (χ2v) is 8.87. The molecule has 2 aliphatic rings. The fourth-order valence-electron chi connectivity index (χ4n) is 4.26. The molecule has 4 rings (SSSR count). The number of benzene rings is 2. The summed E-state index contributed by atoms with van der Waals surface area (Å²) in [4.78, 5) is 27.3. The zero-order valence-electron chi connectivity index (χ0n) is 18.6. The minimum Gasteiger partial charge on any atom is -0.484 e. The fraction of sp³-hybridized carbons (Fsp3) is 0.440. The molecule has 8 heteroatoms. The molecule has 2 fully saturated rings. The van der Waals surface area contributed by atoms with Gasteiger partial charge in [0.05, 0.1) is 11.7 Å². The van der Waals surface area contributed by atoms with Crippen LogP contribution in [-0.4, -0.2) is 56.8 Å². The van der Waals surface area contributed by atoms with E-state index in [1.54, 1.807) is 24.3 Å². The third kappa shape index (κ3) is 6.62. The molecule has 1 unspecified atom stereocenters. The van der Waals surface area contributed by atoms with E-state index in [2.05, 4.69) is 15.5 Å². The summed E-state index contributed by atoms with van der Waals surface area (Å²) in [5.74, 6) is 0.395. The molecule has 2 heterocycles. The fourth-order valence-corrected chi connectivity index (χ4v) is 4.39. The highest BCUT2D eigenvalue weighted by atomic mass is 35.5. The highest BCUT2D eigenvalue weighted by molar-refractivity contribution is 6.30. The third-order valence-corrected chi connectivity index (χ3v) is 6.30. The van der Waals surface area contributed by atoms with Gasteiger partial charge < -0.3 is 25.0 Å². The molecular formula is C25H30ClN3O4. The number of nitrogens with one attached hydrogen (secondary N) is 2. The van der Waals surface area contributed by atoms with Crippen molar-refractivity contribution < 1.29 is 19.1 Å². The SMILES string of the molecule is O=C(COc1ccc(Cl)cc1)NC1CCN(c2ccccc2C(=O)NCC2CCCO2)CC1. The highest BCUT2D eigenvalue weighted by Crippen LogP contribution is 2.24. The van der Waals surface area contributed by atoms with E-state index in [1.807, 2.05) is 24.3 Å². The van der Waals surface area contributed by atoms with E-state index in [1.165, 1.54) is 0 Å². The molecule has 33 heavy (non-hydrogen) atoms. The van der Waals surface area contributed by atoms with Crippen LogP contribution < -0.4 is 20.3 Å². The molecule has 176 valence electrons. The molecule has 0 radical (unpaired) electrons. The first-order valence-corrected chi connectivity index (χ1v) is 11.9. The summed E-state index contributed by atoms with van der Waals surface area (Å²) in [6, 6.07) is 14.7. The van der Waals surface area contributed by atoms with Gasteiger partial charge in [0.25, 0.3) is 11.8 Å². The number of hydrogen-bond donors (Lipinski definition) is 2. The number of para-hydroxylation sites is 1. The topological polar surface area (TPSA) is 79.9 Å². The lowest BCUT2D eigenvalue weighted by Gasteiger charge is -2.35. The molecule has 7 nitrogen and oxygen atoms in total. The lowest BCUT2D eigenvalue weighted by atomic mass is 10.0. The maximum absolute atomic E-state index is 12.8. The zero-order chi connectivity index (χ0) is 23.0. The Balaban J connectivity index is 1.25. The molecule has 2 amide bonds. The number of carbonyl (C=O) groups excluding carboxylic acids is 2. The number of halogens is 1. The lowest BCUT2D eigenvalue weighted by molar-refractivity contribution is -0.123. The van der Waals surface area contributed by atoms with Gasteiger partial charge in [0, 0.05) is 43.0 Å². The Morgan fingerprint density at radius 3 is 2.55 bits per heavy atom. The first-order chi connectivity index (χ1) is 16.1.